The zero-order valence-electron chi connectivity index (χ0n) is 17.4. The van der Waals surface area contributed by atoms with E-state index in [0.29, 0.717) is 10.8 Å². The van der Waals surface area contributed by atoms with Crippen LogP contribution in [0.4, 0.5) is 8.78 Å². The number of hydrogen-bond donors (Lipinski definition) is 2. The number of fused-ring (bicyclic) bond motifs is 2. The highest BCUT2D eigenvalue weighted by Crippen LogP contribution is 2.28. The fraction of sp³-hybridized carbons (Fsp3) is 0.0833. The molecule has 172 valence electrons. The molecule has 0 bridgehead atoms. The van der Waals surface area contributed by atoms with Crippen molar-refractivity contribution in [1.82, 2.24) is 9.97 Å². The van der Waals surface area contributed by atoms with Crippen molar-refractivity contribution in [2.24, 2.45) is 0 Å². The second kappa shape index (κ2) is 9.49. The summed E-state index contributed by atoms with van der Waals surface area (Å²) in [5.41, 5.74) is 0.0594. The summed E-state index contributed by atoms with van der Waals surface area (Å²) in [6, 6.07) is 9.88. The molecule has 0 radical (unpaired) electrons. The zero-order chi connectivity index (χ0) is 24.2. The van der Waals surface area contributed by atoms with Crippen LogP contribution in [0.25, 0.3) is 21.8 Å². The number of ether oxygens (including phenoxy) is 2. The van der Waals surface area contributed by atoms with Gasteiger partial charge in [0.2, 0.25) is 0 Å². The molecule has 0 saturated carbocycles. The van der Waals surface area contributed by atoms with E-state index in [1.54, 1.807) is 12.2 Å². The van der Waals surface area contributed by atoms with Crippen molar-refractivity contribution in [2.75, 3.05) is 13.2 Å². The molecule has 0 aliphatic carbocycles. The molecule has 2 N–H and O–H groups in total. The van der Waals surface area contributed by atoms with Gasteiger partial charge in [0, 0.05) is 22.9 Å². The minimum Gasteiger partial charge on any atom is -0.489 e. The predicted octanol–water partition coefficient (Wildman–Crippen LogP) is 4.47. The van der Waals surface area contributed by atoms with Gasteiger partial charge in [-0.25, -0.2) is 28.3 Å². The van der Waals surface area contributed by atoms with Crippen LogP contribution in [0, 0.1) is 11.6 Å². The molecule has 8 nitrogen and oxygen atoms in total. The summed E-state index contributed by atoms with van der Waals surface area (Å²) in [5.74, 6) is -3.24. The molecular formula is C24H16F2N2O6. The van der Waals surface area contributed by atoms with E-state index in [2.05, 4.69) is 9.97 Å². The van der Waals surface area contributed by atoms with Gasteiger partial charge in [-0.1, -0.05) is 0 Å². The van der Waals surface area contributed by atoms with Crippen LogP contribution in [-0.4, -0.2) is 45.3 Å². The monoisotopic (exact) mass is 466 g/mol. The van der Waals surface area contributed by atoms with Crippen molar-refractivity contribution in [3.63, 3.8) is 0 Å². The Morgan fingerprint density at radius 2 is 1.15 bits per heavy atom. The van der Waals surface area contributed by atoms with Gasteiger partial charge < -0.3 is 19.7 Å². The molecule has 0 aliphatic heterocycles. The van der Waals surface area contributed by atoms with Crippen LogP contribution < -0.4 is 9.47 Å². The molecule has 2 heterocycles. The molecular weight excluding hydrogens is 450 g/mol. The molecule has 4 aromatic rings. The first-order valence-corrected chi connectivity index (χ1v) is 9.89. The Bertz CT molecular complexity index is 1350. The van der Waals surface area contributed by atoms with Gasteiger partial charge in [0.05, 0.1) is 11.0 Å². The summed E-state index contributed by atoms with van der Waals surface area (Å²) in [6.45, 7) is 0.00822. The number of pyridine rings is 2. The van der Waals surface area contributed by atoms with Gasteiger partial charge in [-0.05, 0) is 48.6 Å². The largest absolute Gasteiger partial charge is 0.489 e. The average Bonchev–Trinajstić information content (AvgIpc) is 2.80. The number of aromatic nitrogens is 2. The lowest BCUT2D eigenvalue weighted by Gasteiger charge is -2.10. The summed E-state index contributed by atoms with van der Waals surface area (Å²) in [6.07, 6.45) is 3.15. The average molecular weight is 466 g/mol. The van der Waals surface area contributed by atoms with Gasteiger partial charge >= 0.3 is 11.9 Å². The Kier molecular flexibility index (Phi) is 6.30. The standard InChI is InChI=1S/C24H16F2N2O6/c25-13-3-5-17-15(9-13)21(11-19(27-17)23(29)30)33-7-1-2-8-34-22-12-20(24(31)32)28-18-6-4-14(26)10-16(18)22/h1-6,9-12H,7-8H2,(H,29,30)(H,31,32). The maximum atomic E-state index is 13.6. The van der Waals surface area contributed by atoms with E-state index in [9.17, 15) is 28.6 Å². The van der Waals surface area contributed by atoms with Crippen molar-refractivity contribution in [1.29, 1.82) is 0 Å². The minimum atomic E-state index is -1.25. The van der Waals surface area contributed by atoms with Crippen LogP contribution in [0.1, 0.15) is 21.0 Å². The van der Waals surface area contributed by atoms with Gasteiger partial charge in [0.25, 0.3) is 0 Å². The van der Waals surface area contributed by atoms with Crippen LogP contribution >= 0.6 is 0 Å². The summed E-state index contributed by atoms with van der Waals surface area (Å²) in [4.78, 5) is 30.5. The van der Waals surface area contributed by atoms with E-state index >= 15 is 0 Å². The van der Waals surface area contributed by atoms with E-state index in [1.165, 1.54) is 48.5 Å². The molecule has 0 unspecified atom stereocenters. The number of hydrogen-bond acceptors (Lipinski definition) is 6. The van der Waals surface area contributed by atoms with E-state index in [-0.39, 0.29) is 47.1 Å². The summed E-state index contributed by atoms with van der Waals surface area (Å²) >= 11 is 0. The molecule has 2 aromatic carbocycles. The Labute approximate surface area is 190 Å². The van der Waals surface area contributed by atoms with Crippen LogP contribution in [0.2, 0.25) is 0 Å². The van der Waals surface area contributed by atoms with Gasteiger partial charge in [-0.2, -0.15) is 0 Å². The predicted molar refractivity (Wildman–Crippen MR) is 117 cm³/mol. The number of nitrogens with zero attached hydrogens (tertiary/aromatic N) is 2. The van der Waals surface area contributed by atoms with E-state index in [1.807, 2.05) is 0 Å². The number of rotatable bonds is 8. The molecule has 0 atom stereocenters. The lowest BCUT2D eigenvalue weighted by atomic mass is 10.1. The number of aromatic carboxylic acids is 2. The van der Waals surface area contributed by atoms with Gasteiger partial charge in [-0.3, -0.25) is 0 Å². The van der Waals surface area contributed by atoms with Crippen LogP contribution in [0.3, 0.4) is 0 Å². The first-order chi connectivity index (χ1) is 16.3. The van der Waals surface area contributed by atoms with Crippen LogP contribution in [0.15, 0.2) is 60.7 Å². The lowest BCUT2D eigenvalue weighted by Crippen LogP contribution is -2.04. The highest BCUT2D eigenvalue weighted by molar-refractivity contribution is 5.94. The van der Waals surface area contributed by atoms with Crippen molar-refractivity contribution < 1.29 is 38.1 Å². The lowest BCUT2D eigenvalue weighted by molar-refractivity contribution is 0.0680. The second-order valence-corrected chi connectivity index (χ2v) is 7.04. The first kappa shape index (κ1) is 22.6. The summed E-state index contributed by atoms with van der Waals surface area (Å²) in [5, 5.41) is 19.1. The van der Waals surface area contributed by atoms with E-state index in [0.717, 1.165) is 0 Å². The molecule has 4 rings (SSSR count). The smallest absolute Gasteiger partial charge is 0.354 e. The molecule has 0 fully saturated rings. The fourth-order valence-electron chi connectivity index (χ4n) is 3.20. The number of halogens is 2. The molecule has 0 aliphatic rings. The minimum absolute atomic E-state index is 0.00411. The first-order valence-electron chi connectivity index (χ1n) is 9.89. The highest BCUT2D eigenvalue weighted by atomic mass is 19.1. The number of carboxylic acid groups (broad SMARTS) is 2. The number of carbonyl (C=O) groups is 2. The van der Waals surface area contributed by atoms with Crippen LogP contribution in [-0.2, 0) is 0 Å². The molecule has 0 saturated heterocycles. The Balaban J connectivity index is 1.47. The highest BCUT2D eigenvalue weighted by Gasteiger charge is 2.14. The Morgan fingerprint density at radius 1 is 0.735 bits per heavy atom. The Hall–Kier alpha value is -4.60. The van der Waals surface area contributed by atoms with Gasteiger partial charge in [0.15, 0.2) is 11.4 Å². The molecule has 34 heavy (non-hydrogen) atoms. The van der Waals surface area contributed by atoms with E-state index in [4.69, 9.17) is 9.47 Å². The number of benzene rings is 2. The maximum Gasteiger partial charge on any atom is 0.354 e. The maximum absolute atomic E-state index is 13.6. The molecule has 10 heteroatoms. The van der Waals surface area contributed by atoms with Crippen molar-refractivity contribution >= 4 is 33.7 Å². The molecule has 0 spiro atoms. The van der Waals surface area contributed by atoms with Crippen molar-refractivity contribution in [3.8, 4) is 11.5 Å². The van der Waals surface area contributed by atoms with Crippen LogP contribution in [0.5, 0.6) is 11.5 Å². The van der Waals surface area contributed by atoms with Gasteiger partial charge in [0.1, 0.15) is 36.3 Å². The Morgan fingerprint density at radius 3 is 1.53 bits per heavy atom. The zero-order valence-corrected chi connectivity index (χ0v) is 17.4. The third-order valence-electron chi connectivity index (χ3n) is 4.74. The number of carboxylic acids is 2. The topological polar surface area (TPSA) is 119 Å². The SMILES string of the molecule is O=C(O)c1cc(OCC=CCOc2cc(C(=O)O)nc3ccc(F)cc23)c2cc(F)ccc2n1. The third-order valence-corrected chi connectivity index (χ3v) is 4.74. The third kappa shape index (κ3) is 4.90. The van der Waals surface area contributed by atoms with E-state index < -0.39 is 23.6 Å². The quantitative estimate of drug-likeness (QED) is 0.365. The van der Waals surface area contributed by atoms with Crippen molar-refractivity contribution in [3.05, 3.63) is 83.7 Å². The summed E-state index contributed by atoms with van der Waals surface area (Å²) in [7, 11) is 0. The van der Waals surface area contributed by atoms with Crippen molar-refractivity contribution in [2.45, 2.75) is 0 Å². The molecule has 0 amide bonds. The second-order valence-electron chi connectivity index (χ2n) is 7.04. The van der Waals surface area contributed by atoms with Gasteiger partial charge in [-0.15, -0.1) is 0 Å². The molecule has 2 aromatic heterocycles. The fourth-order valence-corrected chi connectivity index (χ4v) is 3.20. The summed E-state index contributed by atoms with van der Waals surface area (Å²) < 4.78 is 38.5. The normalized spacial score (nSPS) is 11.2.